The summed E-state index contributed by atoms with van der Waals surface area (Å²) >= 11 is 0. The lowest BCUT2D eigenvalue weighted by Crippen LogP contribution is -2.31. The number of rotatable bonds is 1. The third-order valence-electron chi connectivity index (χ3n) is 3.60. The van der Waals surface area contributed by atoms with Crippen molar-refractivity contribution in [2.75, 3.05) is 13.1 Å². The van der Waals surface area contributed by atoms with E-state index in [2.05, 4.69) is 6.92 Å². The van der Waals surface area contributed by atoms with Crippen molar-refractivity contribution in [3.8, 4) is 0 Å². The largest absolute Gasteiger partial charge is 0.339 e. The van der Waals surface area contributed by atoms with E-state index in [9.17, 15) is 4.79 Å². The number of hydrogen-bond donors (Lipinski definition) is 0. The molecule has 1 saturated heterocycles. The van der Waals surface area contributed by atoms with E-state index in [0.717, 1.165) is 37.4 Å². The van der Waals surface area contributed by atoms with Crippen molar-refractivity contribution >= 4 is 5.91 Å². The Labute approximate surface area is 104 Å². The van der Waals surface area contributed by atoms with Crippen LogP contribution in [0, 0.1) is 12.8 Å². The molecule has 1 aliphatic rings. The van der Waals surface area contributed by atoms with Gasteiger partial charge < -0.3 is 4.90 Å². The Balaban J connectivity index is 2.06. The van der Waals surface area contributed by atoms with Gasteiger partial charge in [0.05, 0.1) is 0 Å². The summed E-state index contributed by atoms with van der Waals surface area (Å²) in [5, 5.41) is 0. The normalized spacial score (nSPS) is 21.1. The molecule has 2 nitrogen and oxygen atoms in total. The highest BCUT2D eigenvalue weighted by atomic mass is 16.2. The Morgan fingerprint density at radius 2 is 1.88 bits per heavy atom. The standard InChI is InChI=1S/C15H21NO/c1-12-4-3-10-16(11-9-12)15(17)14-7-5-13(2)6-8-14/h5-8,12H,3-4,9-11H2,1-2H3. The highest BCUT2D eigenvalue weighted by molar-refractivity contribution is 5.94. The second kappa shape index (κ2) is 5.35. The molecule has 0 bridgehead atoms. The van der Waals surface area contributed by atoms with Crippen LogP contribution < -0.4 is 0 Å². The summed E-state index contributed by atoms with van der Waals surface area (Å²) in [6.45, 7) is 6.15. The van der Waals surface area contributed by atoms with Gasteiger partial charge in [0.1, 0.15) is 0 Å². The predicted octanol–water partition coefficient (Wildman–Crippen LogP) is 3.26. The topological polar surface area (TPSA) is 20.3 Å². The molecular weight excluding hydrogens is 210 g/mol. The molecule has 0 radical (unpaired) electrons. The number of hydrogen-bond acceptors (Lipinski definition) is 1. The van der Waals surface area contributed by atoms with E-state index in [-0.39, 0.29) is 5.91 Å². The van der Waals surface area contributed by atoms with Crippen LogP contribution in [0.15, 0.2) is 24.3 Å². The Kier molecular flexibility index (Phi) is 3.82. The van der Waals surface area contributed by atoms with Crippen molar-refractivity contribution in [1.29, 1.82) is 0 Å². The molecule has 0 N–H and O–H groups in total. The molecule has 1 heterocycles. The zero-order valence-corrected chi connectivity index (χ0v) is 10.8. The third kappa shape index (κ3) is 3.09. The van der Waals surface area contributed by atoms with Crippen LogP contribution in [0.1, 0.15) is 42.1 Å². The average molecular weight is 231 g/mol. The Morgan fingerprint density at radius 3 is 2.59 bits per heavy atom. The predicted molar refractivity (Wildman–Crippen MR) is 70.1 cm³/mol. The fourth-order valence-electron chi connectivity index (χ4n) is 2.34. The maximum absolute atomic E-state index is 12.3. The summed E-state index contributed by atoms with van der Waals surface area (Å²) in [6.07, 6.45) is 3.52. The second-order valence-electron chi connectivity index (χ2n) is 5.19. The maximum Gasteiger partial charge on any atom is 0.253 e. The third-order valence-corrected chi connectivity index (χ3v) is 3.60. The first-order valence-electron chi connectivity index (χ1n) is 6.53. The molecule has 92 valence electrons. The number of carbonyl (C=O) groups excluding carboxylic acids is 1. The molecule has 0 spiro atoms. The van der Waals surface area contributed by atoms with Crippen molar-refractivity contribution in [3.63, 3.8) is 0 Å². The molecule has 1 aromatic rings. The van der Waals surface area contributed by atoms with Gasteiger partial charge in [0.2, 0.25) is 0 Å². The van der Waals surface area contributed by atoms with Crippen molar-refractivity contribution in [2.45, 2.75) is 33.1 Å². The molecule has 2 rings (SSSR count). The van der Waals surface area contributed by atoms with Crippen LogP contribution >= 0.6 is 0 Å². The van der Waals surface area contributed by atoms with Crippen LogP contribution in [0.4, 0.5) is 0 Å². The van der Waals surface area contributed by atoms with Gasteiger partial charge in [-0.3, -0.25) is 4.79 Å². The van der Waals surface area contributed by atoms with E-state index in [1.165, 1.54) is 12.0 Å². The number of likely N-dealkylation sites (tertiary alicyclic amines) is 1. The fourth-order valence-corrected chi connectivity index (χ4v) is 2.34. The molecule has 1 fully saturated rings. The van der Waals surface area contributed by atoms with E-state index in [0.29, 0.717) is 0 Å². The molecular formula is C15H21NO. The Hall–Kier alpha value is -1.31. The molecule has 0 aliphatic carbocycles. The average Bonchev–Trinajstić information content (AvgIpc) is 2.54. The Bertz CT molecular complexity index is 382. The van der Waals surface area contributed by atoms with Crippen LogP contribution in [0.2, 0.25) is 0 Å². The van der Waals surface area contributed by atoms with Crippen molar-refractivity contribution in [3.05, 3.63) is 35.4 Å². The lowest BCUT2D eigenvalue weighted by molar-refractivity contribution is 0.0760. The number of nitrogens with zero attached hydrogens (tertiary/aromatic N) is 1. The lowest BCUT2D eigenvalue weighted by Gasteiger charge is -2.20. The molecule has 1 atom stereocenters. The van der Waals surface area contributed by atoms with Gasteiger partial charge >= 0.3 is 0 Å². The van der Waals surface area contributed by atoms with E-state index in [4.69, 9.17) is 0 Å². The van der Waals surface area contributed by atoms with Gasteiger partial charge in [0.15, 0.2) is 0 Å². The quantitative estimate of drug-likeness (QED) is 0.726. The first-order valence-corrected chi connectivity index (χ1v) is 6.53. The maximum atomic E-state index is 12.3. The summed E-state index contributed by atoms with van der Waals surface area (Å²) in [4.78, 5) is 14.3. The van der Waals surface area contributed by atoms with Crippen molar-refractivity contribution in [2.24, 2.45) is 5.92 Å². The first kappa shape index (κ1) is 12.2. The number of aryl methyl sites for hydroxylation is 1. The van der Waals surface area contributed by atoms with Gasteiger partial charge in [-0.2, -0.15) is 0 Å². The van der Waals surface area contributed by atoms with E-state index in [1.807, 2.05) is 36.1 Å². The Morgan fingerprint density at radius 1 is 1.18 bits per heavy atom. The van der Waals surface area contributed by atoms with Crippen LogP contribution in [-0.2, 0) is 0 Å². The number of carbonyl (C=O) groups is 1. The molecule has 17 heavy (non-hydrogen) atoms. The van der Waals surface area contributed by atoms with Gasteiger partial charge in [-0.15, -0.1) is 0 Å². The van der Waals surface area contributed by atoms with Gasteiger partial charge in [-0.1, -0.05) is 24.6 Å². The van der Waals surface area contributed by atoms with Crippen molar-refractivity contribution < 1.29 is 4.79 Å². The summed E-state index contributed by atoms with van der Waals surface area (Å²) in [5.41, 5.74) is 2.02. The number of benzene rings is 1. The molecule has 1 amide bonds. The van der Waals surface area contributed by atoms with Gasteiger partial charge in [0, 0.05) is 18.7 Å². The van der Waals surface area contributed by atoms with E-state index in [1.54, 1.807) is 0 Å². The monoisotopic (exact) mass is 231 g/mol. The van der Waals surface area contributed by atoms with Gasteiger partial charge in [-0.25, -0.2) is 0 Å². The summed E-state index contributed by atoms with van der Waals surface area (Å²) in [7, 11) is 0. The number of amides is 1. The van der Waals surface area contributed by atoms with Crippen LogP contribution in [-0.4, -0.2) is 23.9 Å². The minimum Gasteiger partial charge on any atom is -0.339 e. The SMILES string of the molecule is Cc1ccc(C(=O)N2CCCC(C)CC2)cc1. The zero-order valence-electron chi connectivity index (χ0n) is 10.8. The van der Waals surface area contributed by atoms with E-state index >= 15 is 0 Å². The highest BCUT2D eigenvalue weighted by Gasteiger charge is 2.19. The minimum absolute atomic E-state index is 0.194. The summed E-state index contributed by atoms with van der Waals surface area (Å²) < 4.78 is 0. The molecule has 0 aromatic heterocycles. The molecule has 2 heteroatoms. The summed E-state index contributed by atoms with van der Waals surface area (Å²) in [6, 6.07) is 7.89. The zero-order chi connectivity index (χ0) is 12.3. The summed E-state index contributed by atoms with van der Waals surface area (Å²) in [5.74, 6) is 0.949. The van der Waals surface area contributed by atoms with Crippen LogP contribution in [0.5, 0.6) is 0 Å². The second-order valence-corrected chi connectivity index (χ2v) is 5.19. The molecule has 1 aliphatic heterocycles. The van der Waals surface area contributed by atoms with Gasteiger partial charge in [-0.05, 0) is 44.2 Å². The molecule has 1 aromatic carbocycles. The highest BCUT2D eigenvalue weighted by Crippen LogP contribution is 2.18. The smallest absolute Gasteiger partial charge is 0.253 e. The molecule has 0 saturated carbocycles. The van der Waals surface area contributed by atoms with Gasteiger partial charge in [0.25, 0.3) is 5.91 Å². The molecule has 1 unspecified atom stereocenters. The minimum atomic E-state index is 0.194. The first-order chi connectivity index (χ1) is 8.16. The van der Waals surface area contributed by atoms with Crippen molar-refractivity contribution in [1.82, 2.24) is 4.90 Å². The van der Waals surface area contributed by atoms with Crippen LogP contribution in [0.3, 0.4) is 0 Å². The fraction of sp³-hybridized carbons (Fsp3) is 0.533. The van der Waals surface area contributed by atoms with Crippen LogP contribution in [0.25, 0.3) is 0 Å². The lowest BCUT2D eigenvalue weighted by atomic mass is 10.0. The van der Waals surface area contributed by atoms with E-state index < -0.39 is 0 Å².